The zero-order valence-electron chi connectivity index (χ0n) is 22.9. The standard InChI is InChI=1S/C29H34F6N2O3/c1-5-19-14-18(15-37-22-11-12-23(37)17-36(16-22)25(38)40-26(2,3)4)6-13-24(19)20-7-9-21(10-8-20)27(39,28(30,31)32)29(33,34)35/h6-10,13-14,22-23,39H,5,11-12,15-17H2,1-4H3. The summed E-state index contributed by atoms with van der Waals surface area (Å²) in [4.78, 5) is 16.7. The van der Waals surface area contributed by atoms with Crippen molar-refractivity contribution >= 4 is 6.09 Å². The Kier molecular flexibility index (Phi) is 7.96. The van der Waals surface area contributed by atoms with Crippen LogP contribution in [0.5, 0.6) is 0 Å². The van der Waals surface area contributed by atoms with E-state index in [4.69, 9.17) is 4.74 Å². The molecular weight excluding hydrogens is 538 g/mol. The second kappa shape index (κ2) is 10.6. The summed E-state index contributed by atoms with van der Waals surface area (Å²) in [6, 6.07) is 9.81. The highest BCUT2D eigenvalue weighted by atomic mass is 19.4. The number of piperazine rings is 1. The van der Waals surface area contributed by atoms with Gasteiger partial charge in [0.2, 0.25) is 0 Å². The molecule has 2 unspecified atom stereocenters. The fourth-order valence-electron chi connectivity index (χ4n) is 5.63. The van der Waals surface area contributed by atoms with Gasteiger partial charge in [-0.1, -0.05) is 49.4 Å². The predicted molar refractivity (Wildman–Crippen MR) is 137 cm³/mol. The third-order valence-electron chi connectivity index (χ3n) is 7.63. The molecule has 2 aliphatic rings. The molecule has 0 spiro atoms. The highest BCUT2D eigenvalue weighted by Gasteiger charge is 2.71. The Morgan fingerprint density at radius 2 is 1.48 bits per heavy atom. The first-order valence-corrected chi connectivity index (χ1v) is 13.3. The lowest BCUT2D eigenvalue weighted by Gasteiger charge is -2.41. The van der Waals surface area contributed by atoms with Crippen molar-refractivity contribution in [1.29, 1.82) is 0 Å². The number of likely N-dealkylation sites (tertiary alicyclic amines) is 1. The SMILES string of the molecule is CCc1cc(CN2C3CCC2CN(C(=O)OC(C)(C)C)C3)ccc1-c1ccc(C(O)(C(F)(F)F)C(F)(F)F)cc1. The van der Waals surface area contributed by atoms with Crippen LogP contribution < -0.4 is 0 Å². The number of nitrogens with zero attached hydrogens (tertiary/aromatic N) is 2. The minimum atomic E-state index is -5.93. The van der Waals surface area contributed by atoms with Gasteiger partial charge in [0.15, 0.2) is 0 Å². The van der Waals surface area contributed by atoms with Crippen molar-refractivity contribution in [2.45, 2.75) is 89.1 Å². The zero-order chi connectivity index (χ0) is 29.7. The number of alkyl halides is 6. The average molecular weight is 573 g/mol. The van der Waals surface area contributed by atoms with Crippen molar-refractivity contribution < 1.29 is 41.0 Å². The van der Waals surface area contributed by atoms with E-state index in [1.807, 2.05) is 45.9 Å². The molecule has 0 radical (unpaired) electrons. The fraction of sp³-hybridized carbons (Fsp3) is 0.552. The molecule has 2 heterocycles. The molecule has 2 bridgehead atoms. The van der Waals surface area contributed by atoms with Gasteiger partial charge < -0.3 is 14.7 Å². The zero-order valence-corrected chi connectivity index (χ0v) is 22.9. The van der Waals surface area contributed by atoms with Crippen LogP contribution in [-0.4, -0.2) is 64.1 Å². The smallest absolute Gasteiger partial charge is 0.430 e. The molecule has 11 heteroatoms. The number of carbonyl (C=O) groups excluding carboxylic acids is 1. The highest BCUT2D eigenvalue weighted by Crippen LogP contribution is 2.50. The van der Waals surface area contributed by atoms with E-state index in [0.717, 1.165) is 24.0 Å². The summed E-state index contributed by atoms with van der Waals surface area (Å²) in [5.74, 6) is 0. The minimum Gasteiger partial charge on any atom is -0.444 e. The van der Waals surface area contributed by atoms with Crippen LogP contribution in [0, 0.1) is 0 Å². The summed E-state index contributed by atoms with van der Waals surface area (Å²) in [5, 5.41) is 9.67. The van der Waals surface area contributed by atoms with Crippen LogP contribution in [0.15, 0.2) is 42.5 Å². The first-order chi connectivity index (χ1) is 18.4. The van der Waals surface area contributed by atoms with Crippen molar-refractivity contribution in [2.75, 3.05) is 13.1 Å². The van der Waals surface area contributed by atoms with Crippen molar-refractivity contribution in [2.24, 2.45) is 0 Å². The van der Waals surface area contributed by atoms with E-state index < -0.39 is 29.1 Å². The number of hydrogen-bond donors (Lipinski definition) is 1. The van der Waals surface area contributed by atoms with Crippen LogP contribution in [0.1, 0.15) is 57.2 Å². The quantitative estimate of drug-likeness (QED) is 0.400. The molecule has 0 aliphatic carbocycles. The number of halogens is 6. The van der Waals surface area contributed by atoms with Crippen LogP contribution in [0.3, 0.4) is 0 Å². The van der Waals surface area contributed by atoms with Gasteiger partial charge in [-0.2, -0.15) is 26.3 Å². The van der Waals surface area contributed by atoms with Gasteiger partial charge in [0.25, 0.3) is 5.60 Å². The van der Waals surface area contributed by atoms with E-state index >= 15 is 0 Å². The molecule has 1 amide bonds. The van der Waals surface area contributed by atoms with E-state index in [2.05, 4.69) is 4.90 Å². The van der Waals surface area contributed by atoms with Crippen molar-refractivity contribution in [1.82, 2.24) is 9.80 Å². The minimum absolute atomic E-state index is 0.199. The summed E-state index contributed by atoms with van der Waals surface area (Å²) >= 11 is 0. The normalized spacial score (nSPS) is 20.6. The Bertz CT molecular complexity index is 1190. The van der Waals surface area contributed by atoms with Gasteiger partial charge in [0.1, 0.15) is 5.60 Å². The lowest BCUT2D eigenvalue weighted by atomic mass is 9.89. The molecule has 2 aromatic carbocycles. The molecule has 2 aromatic rings. The molecule has 2 fully saturated rings. The third kappa shape index (κ3) is 5.81. The predicted octanol–water partition coefficient (Wildman–Crippen LogP) is 6.81. The monoisotopic (exact) mass is 572 g/mol. The van der Waals surface area contributed by atoms with Crippen LogP contribution >= 0.6 is 0 Å². The number of ether oxygens (including phenoxy) is 1. The number of hydrogen-bond acceptors (Lipinski definition) is 4. The molecule has 40 heavy (non-hydrogen) atoms. The maximum Gasteiger partial charge on any atom is 0.430 e. The summed E-state index contributed by atoms with van der Waals surface area (Å²) in [6.07, 6.45) is -9.63. The largest absolute Gasteiger partial charge is 0.444 e. The molecule has 0 saturated carbocycles. The summed E-state index contributed by atoms with van der Waals surface area (Å²) in [6.45, 7) is 9.26. The topological polar surface area (TPSA) is 53.0 Å². The van der Waals surface area contributed by atoms with E-state index in [9.17, 15) is 36.2 Å². The maximum absolute atomic E-state index is 13.3. The Balaban J connectivity index is 1.51. The Hall–Kier alpha value is -2.79. The van der Waals surface area contributed by atoms with Gasteiger partial charge in [-0.15, -0.1) is 0 Å². The second-order valence-corrected chi connectivity index (χ2v) is 11.6. The molecular formula is C29H34F6N2O3. The number of aliphatic hydroxyl groups is 1. The summed E-state index contributed by atoms with van der Waals surface area (Å²) in [7, 11) is 0. The van der Waals surface area contributed by atoms with E-state index in [1.165, 1.54) is 12.1 Å². The Labute approximate surface area is 229 Å². The van der Waals surface area contributed by atoms with Crippen molar-refractivity contribution in [3.63, 3.8) is 0 Å². The van der Waals surface area contributed by atoms with Gasteiger partial charge in [-0.3, -0.25) is 4.90 Å². The number of rotatable bonds is 5. The lowest BCUT2D eigenvalue weighted by molar-refractivity contribution is -0.376. The molecule has 1 N–H and O–H groups in total. The maximum atomic E-state index is 13.3. The molecule has 5 nitrogen and oxygen atoms in total. The van der Waals surface area contributed by atoms with Crippen molar-refractivity contribution in [3.05, 3.63) is 59.2 Å². The Morgan fingerprint density at radius 1 is 0.925 bits per heavy atom. The summed E-state index contributed by atoms with van der Waals surface area (Å²) < 4.78 is 85.1. The van der Waals surface area contributed by atoms with E-state index in [-0.39, 0.29) is 18.2 Å². The van der Waals surface area contributed by atoms with Gasteiger partial charge in [-0.05, 0) is 62.3 Å². The molecule has 2 aliphatic heterocycles. The van der Waals surface area contributed by atoms with Gasteiger partial charge in [0.05, 0.1) is 0 Å². The number of carbonyl (C=O) groups is 1. The highest BCUT2D eigenvalue weighted by molar-refractivity contribution is 5.69. The second-order valence-electron chi connectivity index (χ2n) is 11.6. The van der Waals surface area contributed by atoms with Crippen LogP contribution in [0.4, 0.5) is 31.1 Å². The molecule has 2 saturated heterocycles. The lowest BCUT2D eigenvalue weighted by Crippen LogP contribution is -2.55. The summed E-state index contributed by atoms with van der Waals surface area (Å²) in [5.41, 5.74) is -3.74. The van der Waals surface area contributed by atoms with Gasteiger partial charge in [-0.25, -0.2) is 4.79 Å². The number of amides is 1. The molecule has 4 rings (SSSR count). The fourth-order valence-corrected chi connectivity index (χ4v) is 5.63. The number of benzene rings is 2. The molecule has 2 atom stereocenters. The molecule has 220 valence electrons. The number of fused-ring (bicyclic) bond motifs is 2. The van der Waals surface area contributed by atoms with Gasteiger partial charge in [0, 0.05) is 37.3 Å². The third-order valence-corrected chi connectivity index (χ3v) is 7.63. The first-order valence-electron chi connectivity index (χ1n) is 13.3. The van der Waals surface area contributed by atoms with E-state index in [1.54, 1.807) is 4.90 Å². The first kappa shape index (κ1) is 30.2. The molecule has 0 aromatic heterocycles. The van der Waals surface area contributed by atoms with Crippen LogP contribution in [-0.2, 0) is 23.3 Å². The average Bonchev–Trinajstić information content (AvgIpc) is 3.06. The van der Waals surface area contributed by atoms with Crippen LogP contribution in [0.2, 0.25) is 0 Å². The van der Waals surface area contributed by atoms with Crippen LogP contribution in [0.25, 0.3) is 11.1 Å². The van der Waals surface area contributed by atoms with Crippen molar-refractivity contribution in [3.8, 4) is 11.1 Å². The number of aryl methyl sites for hydroxylation is 1. The van der Waals surface area contributed by atoms with Gasteiger partial charge >= 0.3 is 18.4 Å². The van der Waals surface area contributed by atoms with E-state index in [0.29, 0.717) is 49.3 Å². The Morgan fingerprint density at radius 3 is 1.95 bits per heavy atom.